The molecule has 8 heteroatoms. The smallest absolute Gasteiger partial charge is 0.251 e. The SMILES string of the molecule is O=C1N[C@@H](C(=O)Nc2ccc3c(c2)OC2(CCCC2)O3)CS[C@H]1Cc1ccccc1F. The van der Waals surface area contributed by atoms with Crippen LogP contribution in [-0.2, 0) is 16.0 Å². The van der Waals surface area contributed by atoms with Gasteiger partial charge in [-0.15, -0.1) is 11.8 Å². The Hall–Kier alpha value is -2.74. The largest absolute Gasteiger partial charge is 0.448 e. The van der Waals surface area contributed by atoms with Crippen molar-refractivity contribution in [2.24, 2.45) is 0 Å². The van der Waals surface area contributed by atoms with Crippen LogP contribution in [0.2, 0.25) is 0 Å². The van der Waals surface area contributed by atoms with E-state index in [0.717, 1.165) is 25.7 Å². The van der Waals surface area contributed by atoms with Crippen molar-refractivity contribution >= 4 is 29.3 Å². The minimum Gasteiger partial charge on any atom is -0.448 e. The van der Waals surface area contributed by atoms with Crippen molar-refractivity contribution in [3.63, 3.8) is 0 Å². The first-order valence-corrected chi connectivity index (χ1v) is 11.5. The van der Waals surface area contributed by atoms with Crippen LogP contribution in [0.15, 0.2) is 42.5 Å². The van der Waals surface area contributed by atoms with Crippen LogP contribution >= 0.6 is 11.8 Å². The molecule has 1 aliphatic carbocycles. The molecule has 2 amide bonds. The van der Waals surface area contributed by atoms with Gasteiger partial charge < -0.3 is 20.1 Å². The molecule has 5 rings (SSSR count). The molecular formula is C23H23FN2O4S. The minimum absolute atomic E-state index is 0.256. The average molecular weight is 443 g/mol. The highest BCUT2D eigenvalue weighted by Crippen LogP contribution is 2.47. The van der Waals surface area contributed by atoms with Crippen LogP contribution in [0.5, 0.6) is 11.5 Å². The lowest BCUT2D eigenvalue weighted by molar-refractivity contribution is -0.126. The first kappa shape index (κ1) is 20.2. The quantitative estimate of drug-likeness (QED) is 0.756. The van der Waals surface area contributed by atoms with Gasteiger partial charge in [-0.3, -0.25) is 9.59 Å². The van der Waals surface area contributed by atoms with Crippen molar-refractivity contribution in [1.82, 2.24) is 5.32 Å². The molecule has 2 atom stereocenters. The molecule has 162 valence electrons. The highest BCUT2D eigenvalue weighted by Gasteiger charge is 2.44. The number of nitrogens with one attached hydrogen (secondary N) is 2. The number of anilines is 1. The van der Waals surface area contributed by atoms with Crippen LogP contribution in [-0.4, -0.2) is 34.6 Å². The van der Waals surface area contributed by atoms with Crippen molar-refractivity contribution < 1.29 is 23.5 Å². The van der Waals surface area contributed by atoms with E-state index in [4.69, 9.17) is 9.47 Å². The summed E-state index contributed by atoms with van der Waals surface area (Å²) in [6.07, 6.45) is 4.18. The lowest BCUT2D eigenvalue weighted by Crippen LogP contribution is -2.52. The molecule has 6 nitrogen and oxygen atoms in total. The molecule has 2 fully saturated rings. The molecule has 2 heterocycles. The zero-order valence-electron chi connectivity index (χ0n) is 16.9. The standard InChI is InChI=1S/C23H23FN2O4S/c24-16-6-2-1-5-14(16)11-20-22(28)26-17(13-31-20)21(27)25-15-7-8-18-19(12-15)30-23(29-18)9-3-4-10-23/h1-2,5-8,12,17,20H,3-4,9-11,13H2,(H,25,27)(H,26,28)/t17-,20+/m1/s1. The van der Waals surface area contributed by atoms with Gasteiger partial charge in [-0.1, -0.05) is 18.2 Å². The Morgan fingerprint density at radius 2 is 1.94 bits per heavy atom. The highest BCUT2D eigenvalue weighted by atomic mass is 32.2. The summed E-state index contributed by atoms with van der Waals surface area (Å²) in [6.45, 7) is 0. The third kappa shape index (κ3) is 4.08. The van der Waals surface area contributed by atoms with Gasteiger partial charge in [-0.2, -0.15) is 0 Å². The molecule has 1 saturated heterocycles. The fourth-order valence-corrected chi connectivity index (χ4v) is 5.45. The van der Waals surface area contributed by atoms with Crippen molar-refractivity contribution in [2.45, 2.75) is 49.2 Å². The van der Waals surface area contributed by atoms with E-state index >= 15 is 0 Å². The first-order valence-electron chi connectivity index (χ1n) is 10.5. The molecule has 1 saturated carbocycles. The van der Waals surface area contributed by atoms with Gasteiger partial charge in [0.05, 0.1) is 5.25 Å². The average Bonchev–Trinajstić information content (AvgIpc) is 3.36. The van der Waals surface area contributed by atoms with Gasteiger partial charge in [-0.25, -0.2) is 4.39 Å². The Bertz CT molecular complexity index is 1020. The molecule has 1 spiro atoms. The summed E-state index contributed by atoms with van der Waals surface area (Å²) in [4.78, 5) is 25.2. The Morgan fingerprint density at radius 1 is 1.16 bits per heavy atom. The second-order valence-corrected chi connectivity index (χ2v) is 9.39. The number of hydrogen-bond donors (Lipinski definition) is 2. The fraction of sp³-hybridized carbons (Fsp3) is 0.391. The van der Waals surface area contributed by atoms with Gasteiger partial charge in [0.15, 0.2) is 11.5 Å². The fourth-order valence-electron chi connectivity index (χ4n) is 4.27. The Kier molecular flexibility index (Phi) is 5.25. The van der Waals surface area contributed by atoms with Gasteiger partial charge in [-0.05, 0) is 43.0 Å². The van der Waals surface area contributed by atoms with Gasteiger partial charge in [0.2, 0.25) is 11.8 Å². The van der Waals surface area contributed by atoms with Crippen molar-refractivity contribution in [3.8, 4) is 11.5 Å². The maximum absolute atomic E-state index is 13.9. The molecule has 0 aromatic heterocycles. The number of benzene rings is 2. The Labute approximate surface area is 183 Å². The summed E-state index contributed by atoms with van der Waals surface area (Å²) in [6, 6.07) is 11.1. The number of rotatable bonds is 4. The van der Waals surface area contributed by atoms with E-state index in [1.54, 1.807) is 36.4 Å². The van der Waals surface area contributed by atoms with Crippen molar-refractivity contribution in [2.75, 3.05) is 11.1 Å². The molecule has 2 aromatic carbocycles. The normalized spacial score (nSPS) is 23.6. The van der Waals surface area contributed by atoms with Gasteiger partial charge in [0.1, 0.15) is 11.9 Å². The minimum atomic E-state index is -0.652. The zero-order chi connectivity index (χ0) is 21.4. The molecule has 0 radical (unpaired) electrons. The lowest BCUT2D eigenvalue weighted by atomic mass is 10.1. The summed E-state index contributed by atoms with van der Waals surface area (Å²) >= 11 is 1.37. The number of halogens is 1. The second kappa shape index (κ2) is 8.07. The van der Waals surface area contributed by atoms with E-state index in [9.17, 15) is 14.0 Å². The van der Waals surface area contributed by atoms with E-state index < -0.39 is 17.1 Å². The molecule has 0 bridgehead atoms. The van der Waals surface area contributed by atoms with E-state index in [-0.39, 0.29) is 17.6 Å². The van der Waals surface area contributed by atoms with Crippen molar-refractivity contribution in [1.29, 1.82) is 0 Å². The predicted molar refractivity (Wildman–Crippen MR) is 116 cm³/mol. The van der Waals surface area contributed by atoms with Gasteiger partial charge >= 0.3 is 0 Å². The number of carbonyl (C=O) groups excluding carboxylic acids is 2. The molecule has 2 aromatic rings. The number of ether oxygens (including phenoxy) is 2. The molecule has 31 heavy (non-hydrogen) atoms. The molecule has 0 unspecified atom stereocenters. The molecular weight excluding hydrogens is 419 g/mol. The maximum Gasteiger partial charge on any atom is 0.251 e. The van der Waals surface area contributed by atoms with E-state index in [1.165, 1.54) is 17.8 Å². The summed E-state index contributed by atoms with van der Waals surface area (Å²) < 4.78 is 25.9. The number of amides is 2. The van der Waals surface area contributed by atoms with E-state index in [2.05, 4.69) is 10.6 Å². The molecule has 2 N–H and O–H groups in total. The number of hydrogen-bond acceptors (Lipinski definition) is 5. The number of carbonyl (C=O) groups is 2. The third-order valence-electron chi connectivity index (χ3n) is 5.92. The number of fused-ring (bicyclic) bond motifs is 1. The van der Waals surface area contributed by atoms with Crippen molar-refractivity contribution in [3.05, 3.63) is 53.8 Å². The van der Waals surface area contributed by atoms with Crippen LogP contribution in [0.25, 0.3) is 0 Å². The topological polar surface area (TPSA) is 76.7 Å². The Balaban J connectivity index is 1.19. The van der Waals surface area contributed by atoms with Crippen LogP contribution in [0.3, 0.4) is 0 Å². The van der Waals surface area contributed by atoms with Crippen LogP contribution in [0, 0.1) is 5.82 Å². The van der Waals surface area contributed by atoms with E-state index in [1.807, 2.05) is 0 Å². The van der Waals surface area contributed by atoms with Gasteiger partial charge in [0.25, 0.3) is 5.79 Å². The monoisotopic (exact) mass is 442 g/mol. The lowest BCUT2D eigenvalue weighted by Gasteiger charge is -2.28. The third-order valence-corrected chi connectivity index (χ3v) is 7.23. The summed E-state index contributed by atoms with van der Waals surface area (Å²) in [7, 11) is 0. The second-order valence-electron chi connectivity index (χ2n) is 8.15. The highest BCUT2D eigenvalue weighted by molar-refractivity contribution is 8.00. The molecule has 2 aliphatic heterocycles. The first-order chi connectivity index (χ1) is 15.0. The van der Waals surface area contributed by atoms with E-state index in [0.29, 0.717) is 34.9 Å². The number of thioether (sulfide) groups is 1. The predicted octanol–water partition coefficient (Wildman–Crippen LogP) is 3.65. The van der Waals surface area contributed by atoms with Crippen LogP contribution < -0.4 is 20.1 Å². The van der Waals surface area contributed by atoms with Gasteiger partial charge in [0, 0.05) is 30.3 Å². The van der Waals surface area contributed by atoms with Crippen LogP contribution in [0.4, 0.5) is 10.1 Å². The summed E-state index contributed by atoms with van der Waals surface area (Å²) in [5.41, 5.74) is 1.09. The van der Waals surface area contributed by atoms with Crippen LogP contribution in [0.1, 0.15) is 31.2 Å². The molecule has 3 aliphatic rings. The summed E-state index contributed by atoms with van der Waals surface area (Å²) in [5, 5.41) is 5.20. The summed E-state index contributed by atoms with van der Waals surface area (Å²) in [5.74, 6) is 0.325. The zero-order valence-corrected chi connectivity index (χ0v) is 17.7. The Morgan fingerprint density at radius 3 is 2.71 bits per heavy atom. The maximum atomic E-state index is 13.9.